The van der Waals surface area contributed by atoms with E-state index in [0.717, 1.165) is 36.4 Å². The Labute approximate surface area is 160 Å². The minimum Gasteiger partial charge on any atom is -0.351 e. The number of nitrogens with one attached hydrogen (secondary N) is 2. The van der Waals surface area contributed by atoms with Crippen LogP contribution in [-0.2, 0) is 6.18 Å². The maximum atomic E-state index is 12.7. The molecular weight excluding hydrogens is 398 g/mol. The molecule has 0 fully saturated rings. The minimum atomic E-state index is -4.40. The fourth-order valence-corrected chi connectivity index (χ4v) is 2.69. The maximum Gasteiger partial charge on any atom is 0.416 e. The predicted molar refractivity (Wildman–Crippen MR) is 97.9 cm³/mol. The SMILES string of the molecule is CNCCCNC(=O)c1csc(-c2cccc(C(F)(F)F)c2)n1.Cl.Cl. The molecule has 10 heteroatoms. The number of hydrogen-bond donors (Lipinski definition) is 2. The van der Waals surface area contributed by atoms with Crippen molar-refractivity contribution in [3.05, 3.63) is 40.9 Å². The first kappa shape index (κ1) is 23.6. The van der Waals surface area contributed by atoms with Crippen LogP contribution in [0.5, 0.6) is 0 Å². The second kappa shape index (κ2) is 10.6. The lowest BCUT2D eigenvalue weighted by atomic mass is 10.1. The van der Waals surface area contributed by atoms with Gasteiger partial charge < -0.3 is 10.6 Å². The Morgan fingerprint density at radius 1 is 1.24 bits per heavy atom. The molecule has 1 aromatic heterocycles. The van der Waals surface area contributed by atoms with Crippen LogP contribution in [0.3, 0.4) is 0 Å². The standard InChI is InChI=1S/C15H16F3N3OS.2ClH/c1-19-6-3-7-20-13(22)12-9-23-14(21-12)10-4-2-5-11(8-10)15(16,17)18;;/h2,4-5,8-9,19H,3,6-7H2,1H3,(H,20,22);2*1H. The zero-order valence-electron chi connectivity index (χ0n) is 13.2. The zero-order valence-corrected chi connectivity index (χ0v) is 15.7. The van der Waals surface area contributed by atoms with Gasteiger partial charge in [0.2, 0.25) is 0 Å². The van der Waals surface area contributed by atoms with Gasteiger partial charge in [0.1, 0.15) is 10.7 Å². The second-order valence-corrected chi connectivity index (χ2v) is 5.69. The first-order chi connectivity index (χ1) is 10.9. The molecule has 0 spiro atoms. The van der Waals surface area contributed by atoms with Crippen molar-refractivity contribution in [1.29, 1.82) is 0 Å². The Morgan fingerprint density at radius 3 is 2.60 bits per heavy atom. The van der Waals surface area contributed by atoms with Crippen LogP contribution in [0.1, 0.15) is 22.5 Å². The number of benzene rings is 1. The number of aromatic nitrogens is 1. The predicted octanol–water partition coefficient (Wildman–Crippen LogP) is 4.01. The van der Waals surface area contributed by atoms with Gasteiger partial charge in [-0.3, -0.25) is 4.79 Å². The Morgan fingerprint density at radius 2 is 1.96 bits per heavy atom. The van der Waals surface area contributed by atoms with Crippen LogP contribution >= 0.6 is 36.2 Å². The number of alkyl halides is 3. The number of thiazole rings is 1. The average Bonchev–Trinajstić information content (AvgIpc) is 3.01. The summed E-state index contributed by atoms with van der Waals surface area (Å²) in [6.45, 7) is 1.29. The van der Waals surface area contributed by atoms with Crippen LogP contribution in [-0.4, -0.2) is 31.0 Å². The van der Waals surface area contributed by atoms with Crippen LogP contribution < -0.4 is 10.6 Å². The van der Waals surface area contributed by atoms with E-state index in [4.69, 9.17) is 0 Å². The highest BCUT2D eigenvalue weighted by atomic mass is 35.5. The summed E-state index contributed by atoms with van der Waals surface area (Å²) in [6.07, 6.45) is -3.62. The van der Waals surface area contributed by atoms with E-state index in [1.165, 1.54) is 6.07 Å². The Hall–Kier alpha value is -1.35. The molecule has 0 saturated carbocycles. The van der Waals surface area contributed by atoms with E-state index in [-0.39, 0.29) is 36.4 Å². The third-order valence-corrected chi connectivity index (χ3v) is 3.95. The number of amides is 1. The van der Waals surface area contributed by atoms with Crippen molar-refractivity contribution >= 4 is 42.1 Å². The lowest BCUT2D eigenvalue weighted by Gasteiger charge is -2.07. The molecule has 0 aliphatic heterocycles. The molecule has 1 amide bonds. The minimum absolute atomic E-state index is 0. The van der Waals surface area contributed by atoms with Crippen molar-refractivity contribution in [3.63, 3.8) is 0 Å². The van der Waals surface area contributed by atoms with Gasteiger partial charge in [0, 0.05) is 17.5 Å². The lowest BCUT2D eigenvalue weighted by Crippen LogP contribution is -2.26. The van der Waals surface area contributed by atoms with E-state index in [1.54, 1.807) is 11.4 Å². The summed E-state index contributed by atoms with van der Waals surface area (Å²) in [6, 6.07) is 4.92. The Balaban J connectivity index is 0.00000288. The highest BCUT2D eigenvalue weighted by Crippen LogP contribution is 2.33. The van der Waals surface area contributed by atoms with Gasteiger partial charge in [0.05, 0.1) is 5.56 Å². The van der Waals surface area contributed by atoms with Crippen molar-refractivity contribution in [2.24, 2.45) is 0 Å². The average molecular weight is 416 g/mol. The molecule has 0 bridgehead atoms. The molecule has 2 aromatic rings. The van der Waals surface area contributed by atoms with Gasteiger partial charge in [0.15, 0.2) is 0 Å². The van der Waals surface area contributed by atoms with E-state index in [0.29, 0.717) is 17.1 Å². The van der Waals surface area contributed by atoms with Gasteiger partial charge in [-0.1, -0.05) is 12.1 Å². The largest absolute Gasteiger partial charge is 0.416 e. The monoisotopic (exact) mass is 415 g/mol. The van der Waals surface area contributed by atoms with Gasteiger partial charge in [-0.15, -0.1) is 36.2 Å². The fourth-order valence-electron chi connectivity index (χ4n) is 1.90. The van der Waals surface area contributed by atoms with Gasteiger partial charge in [-0.25, -0.2) is 4.98 Å². The van der Waals surface area contributed by atoms with E-state index < -0.39 is 11.7 Å². The third kappa shape index (κ3) is 6.81. The number of hydrogen-bond acceptors (Lipinski definition) is 4. The first-order valence-electron chi connectivity index (χ1n) is 6.98. The molecular formula is C15H18Cl2F3N3OS. The van der Waals surface area contributed by atoms with Crippen LogP contribution in [0.25, 0.3) is 10.6 Å². The molecule has 25 heavy (non-hydrogen) atoms. The van der Waals surface area contributed by atoms with Crippen LogP contribution in [0.4, 0.5) is 13.2 Å². The lowest BCUT2D eigenvalue weighted by molar-refractivity contribution is -0.137. The van der Waals surface area contributed by atoms with E-state index >= 15 is 0 Å². The summed E-state index contributed by atoms with van der Waals surface area (Å²) in [5, 5.41) is 7.62. The molecule has 0 unspecified atom stereocenters. The molecule has 2 N–H and O–H groups in total. The van der Waals surface area contributed by atoms with Crippen molar-refractivity contribution in [1.82, 2.24) is 15.6 Å². The summed E-state index contributed by atoms with van der Waals surface area (Å²) in [5.74, 6) is -0.324. The Kier molecular flexibility index (Phi) is 10.0. The van der Waals surface area contributed by atoms with E-state index in [1.807, 2.05) is 7.05 Å². The van der Waals surface area contributed by atoms with E-state index in [2.05, 4.69) is 15.6 Å². The number of carbonyl (C=O) groups excluding carboxylic acids is 1. The first-order valence-corrected chi connectivity index (χ1v) is 7.85. The van der Waals surface area contributed by atoms with Crippen molar-refractivity contribution in [3.8, 4) is 10.6 Å². The van der Waals surface area contributed by atoms with Crippen molar-refractivity contribution in [2.75, 3.05) is 20.1 Å². The quantitative estimate of drug-likeness (QED) is 0.700. The third-order valence-electron chi connectivity index (χ3n) is 3.06. The number of nitrogens with zero attached hydrogens (tertiary/aromatic N) is 1. The molecule has 0 radical (unpaired) electrons. The summed E-state index contributed by atoms with van der Waals surface area (Å²) in [5.41, 5.74) is -0.172. The summed E-state index contributed by atoms with van der Waals surface area (Å²) < 4.78 is 38.2. The molecule has 0 atom stereocenters. The smallest absolute Gasteiger partial charge is 0.351 e. The normalized spacial score (nSPS) is 10.6. The van der Waals surface area contributed by atoms with Gasteiger partial charge >= 0.3 is 6.18 Å². The van der Waals surface area contributed by atoms with Gasteiger partial charge in [-0.2, -0.15) is 13.2 Å². The van der Waals surface area contributed by atoms with Crippen LogP contribution in [0.2, 0.25) is 0 Å². The number of rotatable bonds is 6. The summed E-state index contributed by atoms with van der Waals surface area (Å²) in [4.78, 5) is 16.0. The Bertz CT molecular complexity index is 680. The molecule has 0 aliphatic rings. The molecule has 4 nitrogen and oxygen atoms in total. The van der Waals surface area contributed by atoms with Crippen LogP contribution in [0.15, 0.2) is 29.6 Å². The number of carbonyl (C=O) groups is 1. The molecule has 1 heterocycles. The van der Waals surface area contributed by atoms with Crippen LogP contribution in [0, 0.1) is 0 Å². The van der Waals surface area contributed by atoms with Gasteiger partial charge in [0.25, 0.3) is 5.91 Å². The topological polar surface area (TPSA) is 54.0 Å². The molecule has 140 valence electrons. The molecule has 0 saturated heterocycles. The van der Waals surface area contributed by atoms with E-state index in [9.17, 15) is 18.0 Å². The van der Waals surface area contributed by atoms with Crippen molar-refractivity contribution < 1.29 is 18.0 Å². The van der Waals surface area contributed by atoms with Crippen molar-refractivity contribution in [2.45, 2.75) is 12.6 Å². The number of halogens is 5. The fraction of sp³-hybridized carbons (Fsp3) is 0.333. The summed E-state index contributed by atoms with van der Waals surface area (Å²) in [7, 11) is 1.82. The maximum absolute atomic E-state index is 12.7. The highest BCUT2D eigenvalue weighted by molar-refractivity contribution is 7.13. The molecule has 1 aromatic carbocycles. The molecule has 0 aliphatic carbocycles. The summed E-state index contributed by atoms with van der Waals surface area (Å²) >= 11 is 1.14. The van der Waals surface area contributed by atoms with Gasteiger partial charge in [-0.05, 0) is 32.1 Å². The highest BCUT2D eigenvalue weighted by Gasteiger charge is 2.30. The second-order valence-electron chi connectivity index (χ2n) is 4.83. The zero-order chi connectivity index (χ0) is 16.9. The molecule has 2 rings (SSSR count).